The quantitative estimate of drug-likeness (QED) is 0.196. The number of fused-ring (bicyclic) bond motifs is 3. The van der Waals surface area contributed by atoms with Gasteiger partial charge < -0.3 is 25.1 Å². The van der Waals surface area contributed by atoms with Crippen molar-refractivity contribution in [1.29, 1.82) is 0 Å². The smallest absolute Gasteiger partial charge is 0.264 e. The van der Waals surface area contributed by atoms with Gasteiger partial charge in [-0.25, -0.2) is 43.0 Å². The monoisotopic (exact) mass is 570 g/mol. The Labute approximate surface area is 233 Å². The fraction of sp³-hybridized carbons (Fsp3) is 0.0769. The van der Waals surface area contributed by atoms with Crippen molar-refractivity contribution in [3.63, 3.8) is 0 Å². The number of anilines is 5. The van der Waals surface area contributed by atoms with Crippen LogP contribution >= 0.6 is 0 Å². The lowest BCUT2D eigenvalue weighted by atomic mass is 10.2. The molecule has 0 aliphatic carbocycles. The molecule has 0 radical (unpaired) electrons. The third-order valence-electron chi connectivity index (χ3n) is 6.02. The minimum Gasteiger partial charge on any atom is -0.493 e. The maximum Gasteiger partial charge on any atom is 0.264 e. The van der Waals surface area contributed by atoms with Crippen molar-refractivity contribution < 1.29 is 17.9 Å². The van der Waals surface area contributed by atoms with Crippen LogP contribution in [0.3, 0.4) is 0 Å². The summed E-state index contributed by atoms with van der Waals surface area (Å²) in [7, 11) is -0.678. The fourth-order valence-electron chi connectivity index (χ4n) is 4.13. The van der Waals surface area contributed by atoms with E-state index in [9.17, 15) is 8.42 Å². The number of aromatic nitrogens is 7. The Hall–Kier alpha value is -5.57. The highest BCUT2D eigenvalue weighted by Gasteiger charge is 2.17. The predicted molar refractivity (Wildman–Crippen MR) is 152 cm³/mol. The van der Waals surface area contributed by atoms with E-state index in [0.29, 0.717) is 40.3 Å². The number of nitrogens with zero attached hydrogens (tertiary/aromatic N) is 6. The van der Waals surface area contributed by atoms with Crippen LogP contribution in [0.25, 0.3) is 21.9 Å². The van der Waals surface area contributed by atoms with Crippen molar-refractivity contribution in [1.82, 2.24) is 34.9 Å². The van der Waals surface area contributed by atoms with Crippen LogP contribution in [0.5, 0.6) is 11.5 Å². The molecular weight excluding hydrogens is 548 g/mol. The van der Waals surface area contributed by atoms with Gasteiger partial charge in [-0.2, -0.15) is 0 Å². The number of H-pyrrole nitrogens is 1. The lowest BCUT2D eigenvalue weighted by Gasteiger charge is -2.10. The lowest BCUT2D eigenvalue weighted by molar-refractivity contribution is 0.356. The van der Waals surface area contributed by atoms with Crippen LogP contribution in [0, 0.1) is 0 Å². The number of hydrogen-bond acceptors (Lipinski definition) is 12. The number of methoxy groups -OCH3 is 2. The molecular formula is C26H22N10O4S. The van der Waals surface area contributed by atoms with Crippen LogP contribution in [0.15, 0.2) is 78.5 Å². The second-order valence-corrected chi connectivity index (χ2v) is 10.3. The fourth-order valence-corrected chi connectivity index (χ4v) is 5.08. The van der Waals surface area contributed by atoms with Crippen molar-refractivity contribution in [3.05, 3.63) is 73.6 Å². The Morgan fingerprint density at radius 1 is 0.780 bits per heavy atom. The molecule has 0 atom stereocenters. The van der Waals surface area contributed by atoms with Gasteiger partial charge >= 0.3 is 0 Å². The first-order chi connectivity index (χ1) is 19.9. The summed E-state index contributed by atoms with van der Waals surface area (Å²) in [5.41, 5.74) is 2.68. The largest absolute Gasteiger partial charge is 0.493 e. The average molecular weight is 571 g/mol. The summed E-state index contributed by atoms with van der Waals surface area (Å²) in [6.45, 7) is 0. The van der Waals surface area contributed by atoms with E-state index in [0.717, 1.165) is 16.3 Å². The summed E-state index contributed by atoms with van der Waals surface area (Å²) in [5, 5.41) is 7.89. The van der Waals surface area contributed by atoms with Crippen molar-refractivity contribution in [2.45, 2.75) is 4.90 Å². The molecule has 0 spiro atoms. The molecule has 0 bridgehead atoms. The molecule has 0 saturated carbocycles. The van der Waals surface area contributed by atoms with E-state index < -0.39 is 10.0 Å². The molecule has 4 N–H and O–H groups in total. The minimum absolute atomic E-state index is 0.00657. The SMILES string of the molecule is COc1cc2[nH]c3ncnc(Nc4ncc(Nc5ccc(S(=O)(=O)Nc6ncccn6)cc5)cn4)c3c2cc1OC. The highest BCUT2D eigenvalue weighted by Crippen LogP contribution is 2.37. The van der Waals surface area contributed by atoms with E-state index >= 15 is 0 Å². The number of nitrogens with one attached hydrogen (secondary N) is 4. The average Bonchev–Trinajstić information content (AvgIpc) is 3.36. The zero-order chi connectivity index (χ0) is 28.4. The van der Waals surface area contributed by atoms with Crippen LogP contribution in [-0.4, -0.2) is 57.5 Å². The number of benzene rings is 2. The number of ether oxygens (including phenoxy) is 2. The normalized spacial score (nSPS) is 11.4. The summed E-state index contributed by atoms with van der Waals surface area (Å²) >= 11 is 0. The summed E-state index contributed by atoms with van der Waals surface area (Å²) < 4.78 is 38.4. The van der Waals surface area contributed by atoms with Crippen molar-refractivity contribution >= 4 is 61.0 Å². The predicted octanol–water partition coefficient (Wildman–Crippen LogP) is 4.00. The van der Waals surface area contributed by atoms with E-state index in [-0.39, 0.29) is 10.8 Å². The Morgan fingerprint density at radius 3 is 2.20 bits per heavy atom. The number of sulfonamides is 1. The lowest BCUT2D eigenvalue weighted by Crippen LogP contribution is -2.14. The first-order valence-corrected chi connectivity index (χ1v) is 13.6. The van der Waals surface area contributed by atoms with E-state index in [1.807, 2.05) is 12.1 Å². The van der Waals surface area contributed by atoms with E-state index in [1.54, 1.807) is 44.8 Å². The van der Waals surface area contributed by atoms with Crippen molar-refractivity contribution in [3.8, 4) is 11.5 Å². The zero-order valence-corrected chi connectivity index (χ0v) is 22.5. The van der Waals surface area contributed by atoms with Crippen LogP contribution in [-0.2, 0) is 10.0 Å². The van der Waals surface area contributed by atoms with E-state index in [4.69, 9.17) is 9.47 Å². The second-order valence-electron chi connectivity index (χ2n) is 8.57. The highest BCUT2D eigenvalue weighted by molar-refractivity contribution is 7.92. The standard InChI is InChI=1S/C26H22N10O4S/c1-39-20-10-18-19(11-21(20)40-2)34-23-22(18)24(32-14-31-23)35-25-29-12-16(13-30-25)33-15-4-6-17(7-5-15)41(37,38)36-26-27-8-3-9-28-26/h3-14,33H,1-2H3,(H,27,28,36)(H2,29,30,31,32,34,35). The summed E-state index contributed by atoms with van der Waals surface area (Å²) in [5.74, 6) is 2.00. The highest BCUT2D eigenvalue weighted by atomic mass is 32.2. The molecule has 0 amide bonds. The number of rotatable bonds is 9. The van der Waals surface area contributed by atoms with Gasteiger partial charge in [0.15, 0.2) is 11.5 Å². The molecule has 4 heterocycles. The third-order valence-corrected chi connectivity index (χ3v) is 7.36. The first kappa shape index (κ1) is 25.7. The van der Waals surface area contributed by atoms with Crippen LogP contribution < -0.4 is 24.8 Å². The Kier molecular flexibility index (Phi) is 6.60. The van der Waals surface area contributed by atoms with Gasteiger partial charge in [-0.05, 0) is 36.4 Å². The molecule has 41 heavy (non-hydrogen) atoms. The number of aromatic amines is 1. The summed E-state index contributed by atoms with van der Waals surface area (Å²) in [4.78, 5) is 28.6. The maximum absolute atomic E-state index is 12.6. The van der Waals surface area contributed by atoms with Crippen molar-refractivity contribution in [2.24, 2.45) is 0 Å². The van der Waals surface area contributed by atoms with E-state index in [1.165, 1.54) is 30.9 Å². The first-order valence-electron chi connectivity index (χ1n) is 12.1. The molecule has 0 aliphatic heterocycles. The van der Waals surface area contributed by atoms with Crippen LogP contribution in [0.2, 0.25) is 0 Å². The minimum atomic E-state index is -3.83. The van der Waals surface area contributed by atoms with Gasteiger partial charge in [0.25, 0.3) is 10.0 Å². The number of hydrogen-bond donors (Lipinski definition) is 4. The van der Waals surface area contributed by atoms with Crippen LogP contribution in [0.1, 0.15) is 0 Å². The Bertz CT molecular complexity index is 1950. The Balaban J connectivity index is 1.18. The molecule has 0 aliphatic rings. The third kappa shape index (κ3) is 5.20. The van der Waals surface area contributed by atoms with Gasteiger partial charge in [-0.1, -0.05) is 0 Å². The van der Waals surface area contributed by atoms with Crippen LogP contribution in [0.4, 0.5) is 29.1 Å². The summed E-state index contributed by atoms with van der Waals surface area (Å²) in [6, 6.07) is 11.5. The molecule has 2 aromatic carbocycles. The molecule has 6 aromatic rings. The topological polar surface area (TPSA) is 182 Å². The molecule has 0 fully saturated rings. The molecule has 4 aromatic heterocycles. The maximum atomic E-state index is 12.6. The van der Waals surface area contributed by atoms with Gasteiger partial charge in [-0.15, -0.1) is 0 Å². The van der Waals surface area contributed by atoms with Crippen molar-refractivity contribution in [2.75, 3.05) is 29.6 Å². The van der Waals surface area contributed by atoms with Gasteiger partial charge in [0.1, 0.15) is 17.8 Å². The van der Waals surface area contributed by atoms with Gasteiger partial charge in [0.2, 0.25) is 11.9 Å². The Morgan fingerprint density at radius 2 is 1.49 bits per heavy atom. The van der Waals surface area contributed by atoms with Gasteiger partial charge in [0.05, 0.1) is 48.1 Å². The molecule has 0 saturated heterocycles. The molecule has 6 rings (SSSR count). The van der Waals surface area contributed by atoms with Gasteiger partial charge in [-0.3, -0.25) is 0 Å². The molecule has 14 nitrogen and oxygen atoms in total. The summed E-state index contributed by atoms with van der Waals surface area (Å²) in [6.07, 6.45) is 7.53. The molecule has 0 unspecified atom stereocenters. The van der Waals surface area contributed by atoms with Gasteiger partial charge in [0, 0.05) is 29.5 Å². The van der Waals surface area contributed by atoms with E-state index in [2.05, 4.69) is 50.2 Å². The zero-order valence-electron chi connectivity index (χ0n) is 21.7. The second kappa shape index (κ2) is 10.5. The molecule has 15 heteroatoms. The molecule has 206 valence electrons.